The van der Waals surface area contributed by atoms with Crippen molar-refractivity contribution in [2.24, 2.45) is 17.3 Å². The highest BCUT2D eigenvalue weighted by atomic mass is 16.6. The molecule has 6 nitrogen and oxygen atoms in total. The zero-order valence-corrected chi connectivity index (χ0v) is 17.1. The molecule has 2 aliphatic rings. The molecule has 148 valence electrons. The van der Waals surface area contributed by atoms with E-state index < -0.39 is 5.60 Å². The first-order valence-electron chi connectivity index (χ1n) is 9.74. The third-order valence-corrected chi connectivity index (χ3v) is 5.75. The van der Waals surface area contributed by atoms with Gasteiger partial charge in [-0.3, -0.25) is 19.5 Å². The summed E-state index contributed by atoms with van der Waals surface area (Å²) in [5.41, 5.74) is 0.220. The van der Waals surface area contributed by atoms with E-state index >= 15 is 0 Å². The molecule has 1 aliphatic carbocycles. The number of nitrogens with zero attached hydrogens (tertiary/aromatic N) is 3. The second-order valence-electron chi connectivity index (χ2n) is 9.27. The Kier molecular flexibility index (Phi) is 5.30. The largest absolute Gasteiger partial charge is 0.460 e. The van der Waals surface area contributed by atoms with E-state index in [1.165, 1.54) is 0 Å². The molecule has 0 N–H and O–H groups in total. The van der Waals surface area contributed by atoms with Gasteiger partial charge in [-0.1, -0.05) is 13.8 Å². The van der Waals surface area contributed by atoms with Gasteiger partial charge >= 0.3 is 5.97 Å². The molecule has 1 aromatic rings. The Morgan fingerprint density at radius 3 is 2.30 bits per heavy atom. The fourth-order valence-corrected chi connectivity index (χ4v) is 4.01. The van der Waals surface area contributed by atoms with Crippen LogP contribution in [0.3, 0.4) is 0 Å². The fourth-order valence-electron chi connectivity index (χ4n) is 4.01. The third-order valence-electron chi connectivity index (χ3n) is 5.75. The van der Waals surface area contributed by atoms with Gasteiger partial charge in [-0.15, -0.1) is 0 Å². The molecule has 2 atom stereocenters. The predicted molar refractivity (Wildman–Crippen MR) is 103 cm³/mol. The zero-order chi connectivity index (χ0) is 19.8. The maximum Gasteiger partial charge on any atom is 0.310 e. The summed E-state index contributed by atoms with van der Waals surface area (Å²) in [6, 6.07) is 3.51. The molecule has 3 rings (SSSR count). The van der Waals surface area contributed by atoms with E-state index in [0.29, 0.717) is 24.6 Å². The molecule has 1 saturated heterocycles. The fraction of sp³-hybridized carbons (Fsp3) is 0.667. The Morgan fingerprint density at radius 2 is 1.74 bits per heavy atom. The second-order valence-corrected chi connectivity index (χ2v) is 9.27. The van der Waals surface area contributed by atoms with Gasteiger partial charge in [0, 0.05) is 50.7 Å². The summed E-state index contributed by atoms with van der Waals surface area (Å²) >= 11 is 0. The lowest BCUT2D eigenvalue weighted by atomic mass is 10.1. The number of piperazine rings is 1. The van der Waals surface area contributed by atoms with Crippen LogP contribution >= 0.6 is 0 Å². The lowest BCUT2D eigenvalue weighted by molar-refractivity contribution is -0.157. The van der Waals surface area contributed by atoms with Crippen molar-refractivity contribution in [1.29, 1.82) is 0 Å². The van der Waals surface area contributed by atoms with Gasteiger partial charge in [0.1, 0.15) is 5.60 Å². The summed E-state index contributed by atoms with van der Waals surface area (Å²) in [6.07, 6.45) is 3.30. The minimum absolute atomic E-state index is 0.0215. The Hall–Kier alpha value is -1.95. The van der Waals surface area contributed by atoms with Crippen molar-refractivity contribution in [2.75, 3.05) is 32.7 Å². The molecular formula is C21H31N3O3. The summed E-state index contributed by atoms with van der Waals surface area (Å²) in [5, 5.41) is 0. The minimum Gasteiger partial charge on any atom is -0.460 e. The number of amides is 1. The van der Waals surface area contributed by atoms with Gasteiger partial charge in [0.25, 0.3) is 5.91 Å². The summed E-state index contributed by atoms with van der Waals surface area (Å²) < 4.78 is 5.60. The van der Waals surface area contributed by atoms with Gasteiger partial charge in [-0.05, 0) is 44.2 Å². The Balaban J connectivity index is 1.51. The van der Waals surface area contributed by atoms with E-state index in [2.05, 4.69) is 23.7 Å². The molecule has 2 fully saturated rings. The topological polar surface area (TPSA) is 62.7 Å². The van der Waals surface area contributed by atoms with E-state index in [-0.39, 0.29) is 23.2 Å². The minimum atomic E-state index is -0.445. The molecule has 0 aromatic carbocycles. The molecule has 2 heterocycles. The molecule has 6 heteroatoms. The molecule has 1 amide bonds. The van der Waals surface area contributed by atoms with Gasteiger partial charge in [-0.25, -0.2) is 0 Å². The lowest BCUT2D eigenvalue weighted by Gasteiger charge is -2.35. The van der Waals surface area contributed by atoms with E-state index in [1.807, 2.05) is 25.7 Å². The van der Waals surface area contributed by atoms with Crippen LogP contribution in [0.1, 0.15) is 45.0 Å². The van der Waals surface area contributed by atoms with Crippen molar-refractivity contribution in [2.45, 2.75) is 40.2 Å². The normalized spacial score (nSPS) is 25.1. The summed E-state index contributed by atoms with van der Waals surface area (Å²) in [6.45, 7) is 14.0. The molecular weight excluding hydrogens is 342 g/mol. The Morgan fingerprint density at radius 1 is 1.15 bits per heavy atom. The van der Waals surface area contributed by atoms with E-state index in [4.69, 9.17) is 4.74 Å². The van der Waals surface area contributed by atoms with Gasteiger partial charge in [0.05, 0.1) is 5.92 Å². The highest BCUT2D eigenvalue weighted by Crippen LogP contribution is 2.59. The number of rotatable bonds is 4. The number of pyridine rings is 1. The van der Waals surface area contributed by atoms with Gasteiger partial charge < -0.3 is 9.64 Å². The zero-order valence-electron chi connectivity index (χ0n) is 17.1. The molecule has 0 radical (unpaired) electrons. The van der Waals surface area contributed by atoms with Gasteiger partial charge in [0.15, 0.2) is 0 Å². The summed E-state index contributed by atoms with van der Waals surface area (Å²) in [4.78, 5) is 33.3. The SMILES string of the molecule is CC(C)(C)OC(=O)[C@@H]1[C@H](CN2CCN(C(=O)c3ccncc3)CC2)C1(C)C. The van der Waals surface area contributed by atoms with Crippen LogP contribution in [0.4, 0.5) is 0 Å². The predicted octanol–water partition coefficient (Wildman–Crippen LogP) is 2.45. The van der Waals surface area contributed by atoms with Crippen LogP contribution in [0.2, 0.25) is 0 Å². The van der Waals surface area contributed by atoms with E-state index in [1.54, 1.807) is 24.5 Å². The van der Waals surface area contributed by atoms with Crippen LogP contribution < -0.4 is 0 Å². The average Bonchev–Trinajstić information content (AvgIpc) is 3.14. The molecule has 0 bridgehead atoms. The molecule has 27 heavy (non-hydrogen) atoms. The first-order chi connectivity index (χ1) is 12.6. The number of ether oxygens (including phenoxy) is 1. The first kappa shape index (κ1) is 19.8. The van der Waals surface area contributed by atoms with Gasteiger partial charge in [-0.2, -0.15) is 0 Å². The standard InChI is InChI=1S/C21H31N3O3/c1-20(2,3)27-19(26)17-16(21(17,4)5)14-23-10-12-24(13-11-23)18(25)15-6-8-22-9-7-15/h6-9,16-17H,10-14H2,1-5H3/t16-,17-/m0/s1. The molecule has 1 aromatic heterocycles. The smallest absolute Gasteiger partial charge is 0.310 e. The van der Waals surface area contributed by atoms with Crippen LogP contribution in [0.5, 0.6) is 0 Å². The Bertz CT molecular complexity index is 688. The van der Waals surface area contributed by atoms with Crippen molar-refractivity contribution < 1.29 is 14.3 Å². The Labute approximate surface area is 161 Å². The van der Waals surface area contributed by atoms with E-state index in [0.717, 1.165) is 19.6 Å². The quantitative estimate of drug-likeness (QED) is 0.759. The summed E-state index contributed by atoms with van der Waals surface area (Å²) in [7, 11) is 0. The highest BCUT2D eigenvalue weighted by Gasteiger charge is 2.63. The maximum absolute atomic E-state index is 12.5. The molecule has 0 spiro atoms. The van der Waals surface area contributed by atoms with Crippen molar-refractivity contribution in [1.82, 2.24) is 14.8 Å². The number of esters is 1. The van der Waals surface area contributed by atoms with Gasteiger partial charge in [0.2, 0.25) is 0 Å². The van der Waals surface area contributed by atoms with Crippen LogP contribution in [-0.2, 0) is 9.53 Å². The van der Waals surface area contributed by atoms with Crippen LogP contribution in [-0.4, -0.2) is 65.0 Å². The monoisotopic (exact) mass is 373 g/mol. The van der Waals surface area contributed by atoms with Crippen molar-refractivity contribution in [3.63, 3.8) is 0 Å². The summed E-state index contributed by atoms with van der Waals surface area (Å²) in [5.74, 6) is 0.266. The lowest BCUT2D eigenvalue weighted by Crippen LogP contribution is -2.49. The highest BCUT2D eigenvalue weighted by molar-refractivity contribution is 5.94. The molecule has 1 saturated carbocycles. The maximum atomic E-state index is 12.5. The van der Waals surface area contributed by atoms with Crippen molar-refractivity contribution >= 4 is 11.9 Å². The average molecular weight is 373 g/mol. The van der Waals surface area contributed by atoms with Crippen molar-refractivity contribution in [3.8, 4) is 0 Å². The van der Waals surface area contributed by atoms with Crippen LogP contribution in [0.15, 0.2) is 24.5 Å². The second kappa shape index (κ2) is 7.23. The number of hydrogen-bond acceptors (Lipinski definition) is 5. The molecule has 0 unspecified atom stereocenters. The number of carbonyl (C=O) groups excluding carboxylic acids is 2. The number of carbonyl (C=O) groups is 2. The number of hydrogen-bond donors (Lipinski definition) is 0. The third kappa shape index (κ3) is 4.49. The molecule has 1 aliphatic heterocycles. The van der Waals surface area contributed by atoms with Crippen LogP contribution in [0, 0.1) is 17.3 Å². The first-order valence-corrected chi connectivity index (χ1v) is 9.74. The van der Waals surface area contributed by atoms with Crippen LogP contribution in [0.25, 0.3) is 0 Å². The number of aromatic nitrogens is 1. The van der Waals surface area contributed by atoms with E-state index in [9.17, 15) is 9.59 Å². The van der Waals surface area contributed by atoms with Crippen molar-refractivity contribution in [3.05, 3.63) is 30.1 Å².